The van der Waals surface area contributed by atoms with Crippen molar-refractivity contribution >= 4 is 18.1 Å². The van der Waals surface area contributed by atoms with E-state index >= 15 is 0 Å². The zero-order valence-electron chi connectivity index (χ0n) is 12.2. The standard InChI is InChI=1S/C14H20O7/c1-10(19-13(16)9-8-12(15)18-2)20-14(17)21-11-6-4-3-5-7-11/h8-11H,3-7H2,1-2H3. The van der Waals surface area contributed by atoms with Gasteiger partial charge in [-0.2, -0.15) is 0 Å². The van der Waals surface area contributed by atoms with Crippen LogP contribution in [0.2, 0.25) is 0 Å². The third-order valence-electron chi connectivity index (χ3n) is 2.92. The zero-order chi connectivity index (χ0) is 15.7. The van der Waals surface area contributed by atoms with Crippen molar-refractivity contribution in [3.63, 3.8) is 0 Å². The molecule has 118 valence electrons. The first-order valence-corrected chi connectivity index (χ1v) is 6.85. The highest BCUT2D eigenvalue weighted by molar-refractivity contribution is 5.91. The number of ether oxygens (including phenoxy) is 4. The maximum Gasteiger partial charge on any atom is 0.511 e. The van der Waals surface area contributed by atoms with Crippen molar-refractivity contribution < 1.29 is 33.3 Å². The first kappa shape index (κ1) is 17.0. The van der Waals surface area contributed by atoms with Gasteiger partial charge in [-0.3, -0.25) is 0 Å². The summed E-state index contributed by atoms with van der Waals surface area (Å²) in [6.45, 7) is 1.38. The largest absolute Gasteiger partial charge is 0.511 e. The van der Waals surface area contributed by atoms with E-state index in [4.69, 9.17) is 14.2 Å². The molecule has 1 aliphatic rings. The highest BCUT2D eigenvalue weighted by Gasteiger charge is 2.21. The molecule has 0 spiro atoms. The second-order valence-corrected chi connectivity index (χ2v) is 4.61. The molecule has 0 bridgehead atoms. The molecule has 1 unspecified atom stereocenters. The average molecular weight is 300 g/mol. The zero-order valence-corrected chi connectivity index (χ0v) is 12.2. The SMILES string of the molecule is COC(=O)C=CC(=O)OC(C)OC(=O)OC1CCCCC1. The van der Waals surface area contributed by atoms with Gasteiger partial charge >= 0.3 is 18.1 Å². The van der Waals surface area contributed by atoms with Crippen LogP contribution in [0.1, 0.15) is 39.0 Å². The molecule has 0 aliphatic heterocycles. The lowest BCUT2D eigenvalue weighted by molar-refractivity contribution is -0.163. The summed E-state index contributed by atoms with van der Waals surface area (Å²) in [5, 5.41) is 0. The van der Waals surface area contributed by atoms with Gasteiger partial charge in [-0.15, -0.1) is 0 Å². The van der Waals surface area contributed by atoms with Crippen LogP contribution in [0.4, 0.5) is 4.79 Å². The highest BCUT2D eigenvalue weighted by atomic mass is 16.8. The van der Waals surface area contributed by atoms with Crippen LogP contribution < -0.4 is 0 Å². The fourth-order valence-corrected chi connectivity index (χ4v) is 1.91. The number of rotatable bonds is 5. The summed E-state index contributed by atoms with van der Waals surface area (Å²) in [6, 6.07) is 0. The molecule has 7 nitrogen and oxygen atoms in total. The Morgan fingerprint density at radius 3 is 2.24 bits per heavy atom. The van der Waals surface area contributed by atoms with Gasteiger partial charge in [-0.1, -0.05) is 6.42 Å². The van der Waals surface area contributed by atoms with Gasteiger partial charge in [0.2, 0.25) is 6.29 Å². The molecule has 0 N–H and O–H groups in total. The lowest BCUT2D eigenvalue weighted by Crippen LogP contribution is -2.26. The van der Waals surface area contributed by atoms with Crippen LogP contribution in [-0.2, 0) is 28.5 Å². The summed E-state index contributed by atoms with van der Waals surface area (Å²) in [5.74, 6) is -1.50. The van der Waals surface area contributed by atoms with Crippen LogP contribution >= 0.6 is 0 Å². The minimum Gasteiger partial charge on any atom is -0.466 e. The summed E-state index contributed by atoms with van der Waals surface area (Å²) in [5.41, 5.74) is 0. The van der Waals surface area contributed by atoms with Crippen molar-refractivity contribution in [3.8, 4) is 0 Å². The van der Waals surface area contributed by atoms with Gasteiger partial charge < -0.3 is 18.9 Å². The Hall–Kier alpha value is -2.05. The van der Waals surface area contributed by atoms with Gasteiger partial charge in [0, 0.05) is 19.1 Å². The Bertz CT molecular complexity index is 396. The maximum atomic E-state index is 11.5. The van der Waals surface area contributed by atoms with E-state index in [2.05, 4.69) is 4.74 Å². The fourth-order valence-electron chi connectivity index (χ4n) is 1.91. The molecule has 1 rings (SSSR count). The molecule has 7 heteroatoms. The number of methoxy groups -OCH3 is 1. The molecule has 1 atom stereocenters. The first-order valence-electron chi connectivity index (χ1n) is 6.85. The van der Waals surface area contributed by atoms with Crippen molar-refractivity contribution in [2.75, 3.05) is 7.11 Å². The Morgan fingerprint density at radius 2 is 1.62 bits per heavy atom. The van der Waals surface area contributed by atoms with Crippen LogP contribution in [-0.4, -0.2) is 37.6 Å². The van der Waals surface area contributed by atoms with Crippen LogP contribution in [0.15, 0.2) is 12.2 Å². The van der Waals surface area contributed by atoms with Crippen molar-refractivity contribution in [3.05, 3.63) is 12.2 Å². The van der Waals surface area contributed by atoms with Crippen molar-refractivity contribution in [1.29, 1.82) is 0 Å². The van der Waals surface area contributed by atoms with E-state index in [-0.39, 0.29) is 6.10 Å². The molecule has 21 heavy (non-hydrogen) atoms. The minimum absolute atomic E-state index is 0.131. The van der Waals surface area contributed by atoms with Gasteiger partial charge in [-0.25, -0.2) is 14.4 Å². The Morgan fingerprint density at radius 1 is 1.00 bits per heavy atom. The predicted octanol–water partition coefficient (Wildman–Crippen LogP) is 2.09. The Kier molecular flexibility index (Phi) is 7.28. The normalized spacial score (nSPS) is 17.0. The predicted molar refractivity (Wildman–Crippen MR) is 71.1 cm³/mol. The molecular formula is C14H20O7. The molecule has 0 aromatic rings. The van der Waals surface area contributed by atoms with Crippen LogP contribution in [0.3, 0.4) is 0 Å². The second kappa shape index (κ2) is 8.99. The lowest BCUT2D eigenvalue weighted by atomic mass is 9.98. The molecule has 0 aromatic heterocycles. The third kappa shape index (κ3) is 7.34. The number of carbonyl (C=O) groups excluding carboxylic acids is 3. The summed E-state index contributed by atoms with van der Waals surface area (Å²) < 4.78 is 19.0. The molecule has 1 fully saturated rings. The summed E-state index contributed by atoms with van der Waals surface area (Å²) in [7, 11) is 1.19. The van der Waals surface area contributed by atoms with Gasteiger partial charge in [0.1, 0.15) is 6.10 Å². The molecular weight excluding hydrogens is 280 g/mol. The Balaban J connectivity index is 2.26. The van der Waals surface area contributed by atoms with E-state index in [1.54, 1.807) is 0 Å². The first-order chi connectivity index (χ1) is 10.0. The number of hydrogen-bond donors (Lipinski definition) is 0. The maximum absolute atomic E-state index is 11.5. The van der Waals surface area contributed by atoms with E-state index in [0.717, 1.165) is 44.3 Å². The highest BCUT2D eigenvalue weighted by Crippen LogP contribution is 2.20. The quantitative estimate of drug-likeness (QED) is 0.332. The van der Waals surface area contributed by atoms with E-state index in [1.807, 2.05) is 0 Å². The second-order valence-electron chi connectivity index (χ2n) is 4.61. The lowest BCUT2D eigenvalue weighted by Gasteiger charge is -2.22. The third-order valence-corrected chi connectivity index (χ3v) is 2.92. The molecule has 1 saturated carbocycles. The molecule has 1 aliphatic carbocycles. The smallest absolute Gasteiger partial charge is 0.466 e. The molecule has 0 radical (unpaired) electrons. The molecule has 0 saturated heterocycles. The summed E-state index contributed by atoms with van der Waals surface area (Å²) in [4.78, 5) is 33.6. The topological polar surface area (TPSA) is 88.1 Å². The van der Waals surface area contributed by atoms with Gasteiger partial charge in [-0.05, 0) is 25.7 Å². The number of esters is 2. The van der Waals surface area contributed by atoms with Crippen LogP contribution in [0, 0.1) is 0 Å². The summed E-state index contributed by atoms with van der Waals surface area (Å²) in [6.07, 6.45) is 4.56. The van der Waals surface area contributed by atoms with Gasteiger partial charge in [0.05, 0.1) is 7.11 Å². The van der Waals surface area contributed by atoms with Crippen molar-refractivity contribution in [2.24, 2.45) is 0 Å². The number of carbonyl (C=O) groups is 3. The van der Waals surface area contributed by atoms with Crippen LogP contribution in [0.5, 0.6) is 0 Å². The monoisotopic (exact) mass is 300 g/mol. The van der Waals surface area contributed by atoms with Gasteiger partial charge in [0.25, 0.3) is 0 Å². The van der Waals surface area contributed by atoms with E-state index < -0.39 is 24.4 Å². The van der Waals surface area contributed by atoms with Crippen molar-refractivity contribution in [2.45, 2.75) is 51.4 Å². The number of hydrogen-bond acceptors (Lipinski definition) is 7. The molecule has 0 aromatic carbocycles. The molecule has 0 heterocycles. The van der Waals surface area contributed by atoms with E-state index in [0.29, 0.717) is 0 Å². The average Bonchev–Trinajstić information content (AvgIpc) is 2.45. The van der Waals surface area contributed by atoms with E-state index in [1.165, 1.54) is 14.0 Å². The van der Waals surface area contributed by atoms with Crippen LogP contribution in [0.25, 0.3) is 0 Å². The van der Waals surface area contributed by atoms with Crippen molar-refractivity contribution in [1.82, 2.24) is 0 Å². The Labute approximate surface area is 123 Å². The van der Waals surface area contributed by atoms with E-state index in [9.17, 15) is 14.4 Å². The van der Waals surface area contributed by atoms with Gasteiger partial charge in [0.15, 0.2) is 0 Å². The fraction of sp³-hybridized carbons (Fsp3) is 0.643. The minimum atomic E-state index is -1.10. The molecule has 0 amide bonds. The summed E-state index contributed by atoms with van der Waals surface area (Å²) >= 11 is 0.